The molecule has 0 aliphatic carbocycles. The average Bonchev–Trinajstić information content (AvgIpc) is 2.49. The number of piperidine rings is 1. The molecule has 3 nitrogen and oxygen atoms in total. The van der Waals surface area contributed by atoms with Gasteiger partial charge in [-0.15, -0.1) is 0 Å². The molecule has 3 heteroatoms. The van der Waals surface area contributed by atoms with Crippen LogP contribution in [0.15, 0.2) is 24.3 Å². The zero-order valence-electron chi connectivity index (χ0n) is 12.9. The molecule has 1 saturated heterocycles. The van der Waals surface area contributed by atoms with Gasteiger partial charge in [-0.2, -0.15) is 0 Å². The third kappa shape index (κ3) is 3.74. The molecule has 2 rings (SSSR count). The minimum atomic E-state index is 0.0608. The van der Waals surface area contributed by atoms with Gasteiger partial charge < -0.3 is 10.5 Å². The first kappa shape index (κ1) is 15.3. The van der Waals surface area contributed by atoms with E-state index in [0.29, 0.717) is 13.2 Å². The van der Waals surface area contributed by atoms with E-state index in [9.17, 15) is 0 Å². The summed E-state index contributed by atoms with van der Waals surface area (Å²) in [6.45, 7) is 8.09. The molecule has 1 aromatic carbocycles. The molecular formula is C17H28N2O. The largest absolute Gasteiger partial charge is 0.494 e. The van der Waals surface area contributed by atoms with Crippen molar-refractivity contribution in [3.8, 4) is 5.75 Å². The molecule has 0 spiro atoms. The van der Waals surface area contributed by atoms with E-state index < -0.39 is 0 Å². The van der Waals surface area contributed by atoms with Gasteiger partial charge in [0.25, 0.3) is 0 Å². The van der Waals surface area contributed by atoms with Gasteiger partial charge in [0.2, 0.25) is 0 Å². The molecule has 1 aliphatic rings. The van der Waals surface area contributed by atoms with Gasteiger partial charge in [-0.25, -0.2) is 0 Å². The Balaban J connectivity index is 2.09. The lowest BCUT2D eigenvalue weighted by atomic mass is 9.89. The van der Waals surface area contributed by atoms with Crippen molar-refractivity contribution >= 4 is 0 Å². The van der Waals surface area contributed by atoms with E-state index in [0.717, 1.165) is 12.2 Å². The Morgan fingerprint density at radius 3 is 2.65 bits per heavy atom. The number of hydrogen-bond donors (Lipinski definition) is 1. The zero-order valence-corrected chi connectivity index (χ0v) is 12.9. The van der Waals surface area contributed by atoms with E-state index in [1.807, 2.05) is 13.0 Å². The minimum absolute atomic E-state index is 0.0608. The highest BCUT2D eigenvalue weighted by molar-refractivity contribution is 5.29. The number of ether oxygens (including phenoxy) is 1. The van der Waals surface area contributed by atoms with Crippen molar-refractivity contribution in [1.82, 2.24) is 4.90 Å². The zero-order chi connectivity index (χ0) is 14.4. The summed E-state index contributed by atoms with van der Waals surface area (Å²) >= 11 is 0. The molecule has 0 amide bonds. The molecule has 1 fully saturated rings. The average molecular weight is 276 g/mol. The molecule has 1 atom stereocenters. The fourth-order valence-corrected chi connectivity index (χ4v) is 3.10. The highest BCUT2D eigenvalue weighted by Crippen LogP contribution is 2.25. The summed E-state index contributed by atoms with van der Waals surface area (Å²) in [5, 5.41) is 0. The van der Waals surface area contributed by atoms with E-state index in [4.69, 9.17) is 10.5 Å². The number of benzene rings is 1. The Bertz CT molecular complexity index is 415. The highest BCUT2D eigenvalue weighted by atomic mass is 16.5. The van der Waals surface area contributed by atoms with Crippen LogP contribution in [0.1, 0.15) is 38.7 Å². The molecule has 0 radical (unpaired) electrons. The summed E-state index contributed by atoms with van der Waals surface area (Å²) in [6, 6.07) is 8.43. The van der Waals surface area contributed by atoms with Crippen LogP contribution in [0, 0.1) is 0 Å². The Labute approximate surface area is 123 Å². The molecule has 0 aromatic heterocycles. The maximum absolute atomic E-state index is 6.11. The molecule has 2 N–H and O–H groups in total. The lowest BCUT2D eigenvalue weighted by Crippen LogP contribution is -2.54. The lowest BCUT2D eigenvalue weighted by Gasteiger charge is -2.43. The van der Waals surface area contributed by atoms with Crippen LogP contribution in [0.3, 0.4) is 0 Å². The summed E-state index contributed by atoms with van der Waals surface area (Å²) in [7, 11) is 0. The Hall–Kier alpha value is -1.06. The molecule has 1 aromatic rings. The van der Waals surface area contributed by atoms with Crippen LogP contribution in [0.4, 0.5) is 0 Å². The second kappa shape index (κ2) is 7.09. The molecule has 112 valence electrons. The third-order valence-electron chi connectivity index (χ3n) is 4.35. The van der Waals surface area contributed by atoms with E-state index in [-0.39, 0.29) is 5.54 Å². The summed E-state index contributed by atoms with van der Waals surface area (Å²) < 4.78 is 5.60. The Morgan fingerprint density at radius 1 is 1.25 bits per heavy atom. The smallest absolute Gasteiger partial charge is 0.119 e. The van der Waals surface area contributed by atoms with Crippen LogP contribution in [0.25, 0.3) is 0 Å². The van der Waals surface area contributed by atoms with Gasteiger partial charge >= 0.3 is 0 Å². The summed E-state index contributed by atoms with van der Waals surface area (Å²) in [6.07, 6.45) is 4.95. The topological polar surface area (TPSA) is 38.5 Å². The predicted molar refractivity (Wildman–Crippen MR) is 84.2 cm³/mol. The normalized spacial score (nSPS) is 19.6. The maximum atomic E-state index is 6.11. The molecule has 20 heavy (non-hydrogen) atoms. The van der Waals surface area contributed by atoms with Crippen molar-refractivity contribution in [2.45, 2.75) is 45.1 Å². The number of rotatable bonds is 6. The molecule has 0 bridgehead atoms. The van der Waals surface area contributed by atoms with E-state index in [1.54, 1.807) is 0 Å². The van der Waals surface area contributed by atoms with Gasteiger partial charge in [0.05, 0.1) is 6.61 Å². The first-order chi connectivity index (χ1) is 9.68. The molecule has 0 saturated carbocycles. The first-order valence-corrected chi connectivity index (χ1v) is 7.85. The van der Waals surface area contributed by atoms with Crippen molar-refractivity contribution in [2.24, 2.45) is 5.73 Å². The van der Waals surface area contributed by atoms with Crippen molar-refractivity contribution in [1.29, 1.82) is 0 Å². The van der Waals surface area contributed by atoms with Gasteiger partial charge in [-0.3, -0.25) is 4.90 Å². The first-order valence-electron chi connectivity index (χ1n) is 7.85. The number of hydrogen-bond acceptors (Lipinski definition) is 3. The second-order valence-corrected chi connectivity index (χ2v) is 6.01. The molecule has 1 heterocycles. The van der Waals surface area contributed by atoms with Gasteiger partial charge in [-0.05, 0) is 63.9 Å². The van der Waals surface area contributed by atoms with Crippen molar-refractivity contribution in [3.05, 3.63) is 29.8 Å². The SMILES string of the molecule is CCOc1cccc(CC(C)(CN)N2CCCCC2)c1. The number of likely N-dealkylation sites (tertiary alicyclic amines) is 1. The Kier molecular flexibility index (Phi) is 5.44. The Morgan fingerprint density at radius 2 is 2.00 bits per heavy atom. The molecular weight excluding hydrogens is 248 g/mol. The molecule has 1 unspecified atom stereocenters. The van der Waals surface area contributed by atoms with E-state index in [1.165, 1.54) is 37.9 Å². The predicted octanol–water partition coefficient (Wildman–Crippen LogP) is 2.83. The van der Waals surface area contributed by atoms with Crippen LogP contribution in [0.5, 0.6) is 5.75 Å². The second-order valence-electron chi connectivity index (χ2n) is 6.01. The van der Waals surface area contributed by atoms with Crippen molar-refractivity contribution < 1.29 is 4.74 Å². The van der Waals surface area contributed by atoms with E-state index >= 15 is 0 Å². The van der Waals surface area contributed by atoms with Crippen LogP contribution in [0.2, 0.25) is 0 Å². The monoisotopic (exact) mass is 276 g/mol. The van der Waals surface area contributed by atoms with Crippen molar-refractivity contribution in [3.63, 3.8) is 0 Å². The summed E-state index contributed by atoms with van der Waals surface area (Å²) in [5.74, 6) is 0.961. The van der Waals surface area contributed by atoms with Crippen LogP contribution in [-0.4, -0.2) is 36.7 Å². The minimum Gasteiger partial charge on any atom is -0.494 e. The summed E-state index contributed by atoms with van der Waals surface area (Å²) in [4.78, 5) is 2.57. The fourth-order valence-electron chi connectivity index (χ4n) is 3.10. The lowest BCUT2D eigenvalue weighted by molar-refractivity contribution is 0.0869. The summed E-state index contributed by atoms with van der Waals surface area (Å²) in [5.41, 5.74) is 7.48. The van der Waals surface area contributed by atoms with Gasteiger partial charge in [-0.1, -0.05) is 18.6 Å². The number of nitrogens with two attached hydrogens (primary N) is 1. The highest BCUT2D eigenvalue weighted by Gasteiger charge is 2.31. The quantitative estimate of drug-likeness (QED) is 0.868. The maximum Gasteiger partial charge on any atom is 0.119 e. The third-order valence-corrected chi connectivity index (χ3v) is 4.35. The van der Waals surface area contributed by atoms with Gasteiger partial charge in [0, 0.05) is 12.1 Å². The fraction of sp³-hybridized carbons (Fsp3) is 0.647. The van der Waals surface area contributed by atoms with Gasteiger partial charge in [0.1, 0.15) is 5.75 Å². The molecule has 1 aliphatic heterocycles. The van der Waals surface area contributed by atoms with Crippen LogP contribution >= 0.6 is 0 Å². The van der Waals surface area contributed by atoms with Gasteiger partial charge in [0.15, 0.2) is 0 Å². The van der Waals surface area contributed by atoms with Crippen LogP contribution < -0.4 is 10.5 Å². The standard InChI is InChI=1S/C17H28N2O/c1-3-20-16-9-7-8-15(12-16)13-17(2,14-18)19-10-5-4-6-11-19/h7-9,12H,3-6,10-11,13-14,18H2,1-2H3. The van der Waals surface area contributed by atoms with Crippen LogP contribution in [-0.2, 0) is 6.42 Å². The van der Waals surface area contributed by atoms with Crippen molar-refractivity contribution in [2.75, 3.05) is 26.2 Å². The number of nitrogens with zero attached hydrogens (tertiary/aromatic N) is 1. The van der Waals surface area contributed by atoms with E-state index in [2.05, 4.69) is 30.0 Å².